The third-order valence-corrected chi connectivity index (χ3v) is 5.50. The van der Waals surface area contributed by atoms with Gasteiger partial charge in [-0.25, -0.2) is 4.79 Å². The van der Waals surface area contributed by atoms with Gasteiger partial charge < -0.3 is 4.42 Å². The van der Waals surface area contributed by atoms with Crippen LogP contribution in [0.25, 0.3) is 11.0 Å². The van der Waals surface area contributed by atoms with Gasteiger partial charge in [0, 0.05) is 11.5 Å². The summed E-state index contributed by atoms with van der Waals surface area (Å²) in [4.78, 5) is 11.2. The Morgan fingerprint density at radius 1 is 0.667 bits per heavy atom. The molecule has 0 saturated heterocycles. The van der Waals surface area contributed by atoms with Crippen LogP contribution >= 0.6 is 0 Å². The van der Waals surface area contributed by atoms with Crippen LogP contribution < -0.4 is 5.63 Å². The topological polar surface area (TPSA) is 30.2 Å². The lowest BCUT2D eigenvalue weighted by Gasteiger charge is -2.04. The summed E-state index contributed by atoms with van der Waals surface area (Å²) in [7, 11) is 0. The molecule has 0 bridgehead atoms. The van der Waals surface area contributed by atoms with E-state index in [1.165, 1.54) is 102 Å². The van der Waals surface area contributed by atoms with Gasteiger partial charge in [0.25, 0.3) is 0 Å². The van der Waals surface area contributed by atoms with Crippen molar-refractivity contribution >= 4 is 11.0 Å². The Morgan fingerprint density at radius 3 is 1.81 bits per heavy atom. The van der Waals surface area contributed by atoms with Crippen LogP contribution in [0, 0.1) is 0 Å². The third kappa shape index (κ3) is 9.26. The van der Waals surface area contributed by atoms with Crippen molar-refractivity contribution in [2.45, 2.75) is 103 Å². The molecule has 0 aliphatic heterocycles. The first-order valence-electron chi connectivity index (χ1n) is 11.3. The van der Waals surface area contributed by atoms with Gasteiger partial charge in [0.1, 0.15) is 5.58 Å². The molecule has 27 heavy (non-hydrogen) atoms. The average molecular weight is 371 g/mol. The van der Waals surface area contributed by atoms with Crippen molar-refractivity contribution in [3.63, 3.8) is 0 Å². The van der Waals surface area contributed by atoms with Crippen molar-refractivity contribution in [2.24, 2.45) is 0 Å². The molecule has 0 fully saturated rings. The first kappa shape index (κ1) is 21.7. The molecule has 2 rings (SSSR count). The SMILES string of the molecule is CCCCCCCCCCCCCCCCc1ccc2oc(=O)ccc2c1. The first-order valence-corrected chi connectivity index (χ1v) is 11.3. The molecule has 0 unspecified atom stereocenters. The lowest BCUT2D eigenvalue weighted by atomic mass is 10.0. The summed E-state index contributed by atoms with van der Waals surface area (Å²) in [6.07, 6.45) is 20.7. The largest absolute Gasteiger partial charge is 0.423 e. The smallest absolute Gasteiger partial charge is 0.336 e. The molecule has 0 aliphatic carbocycles. The summed E-state index contributed by atoms with van der Waals surface area (Å²) in [5.41, 5.74) is 1.75. The highest BCUT2D eigenvalue weighted by molar-refractivity contribution is 5.76. The quantitative estimate of drug-likeness (QED) is 0.236. The van der Waals surface area contributed by atoms with Crippen molar-refractivity contribution in [1.82, 2.24) is 0 Å². The highest BCUT2D eigenvalue weighted by Gasteiger charge is 2.00. The fourth-order valence-electron chi connectivity index (χ4n) is 3.80. The zero-order chi connectivity index (χ0) is 19.2. The van der Waals surface area contributed by atoms with E-state index in [1.807, 2.05) is 12.1 Å². The van der Waals surface area contributed by atoms with Crippen molar-refractivity contribution in [3.8, 4) is 0 Å². The molecule has 0 amide bonds. The standard InChI is InChI=1S/C25H38O2/c1-2-3-4-5-6-7-8-9-10-11-12-13-14-15-16-22-17-19-24-23(21-22)18-20-25(26)27-24/h17-21H,2-16H2,1H3. The number of rotatable bonds is 15. The van der Waals surface area contributed by atoms with Crippen LogP contribution in [0.1, 0.15) is 102 Å². The van der Waals surface area contributed by atoms with E-state index in [0.29, 0.717) is 5.58 Å². The summed E-state index contributed by atoms with van der Waals surface area (Å²) in [6, 6.07) is 9.53. The Morgan fingerprint density at radius 2 is 1.22 bits per heavy atom. The highest BCUT2D eigenvalue weighted by atomic mass is 16.4. The van der Waals surface area contributed by atoms with Crippen LogP contribution in [0.4, 0.5) is 0 Å². The fourth-order valence-corrected chi connectivity index (χ4v) is 3.80. The van der Waals surface area contributed by atoms with Crippen LogP contribution in [0.15, 0.2) is 39.5 Å². The second kappa shape index (κ2) is 13.6. The van der Waals surface area contributed by atoms with E-state index in [-0.39, 0.29) is 5.63 Å². The normalized spacial score (nSPS) is 11.3. The molecule has 2 nitrogen and oxygen atoms in total. The Hall–Kier alpha value is -1.57. The minimum absolute atomic E-state index is 0.276. The lowest BCUT2D eigenvalue weighted by molar-refractivity contribution is 0.535. The monoisotopic (exact) mass is 370 g/mol. The maximum Gasteiger partial charge on any atom is 0.336 e. The van der Waals surface area contributed by atoms with Gasteiger partial charge in [-0.05, 0) is 36.6 Å². The maximum absolute atomic E-state index is 11.2. The van der Waals surface area contributed by atoms with Gasteiger partial charge in [0.15, 0.2) is 0 Å². The van der Waals surface area contributed by atoms with E-state index in [1.54, 1.807) is 0 Å². The summed E-state index contributed by atoms with van der Waals surface area (Å²) in [5.74, 6) is 0. The summed E-state index contributed by atoms with van der Waals surface area (Å²) < 4.78 is 5.19. The zero-order valence-electron chi connectivity index (χ0n) is 17.3. The van der Waals surface area contributed by atoms with E-state index in [9.17, 15) is 4.79 Å². The van der Waals surface area contributed by atoms with E-state index in [4.69, 9.17) is 4.42 Å². The Balaban J connectivity index is 1.44. The average Bonchev–Trinajstić information content (AvgIpc) is 2.68. The molecule has 1 heterocycles. The van der Waals surface area contributed by atoms with E-state index in [2.05, 4.69) is 19.1 Å². The van der Waals surface area contributed by atoms with Gasteiger partial charge in [0.05, 0.1) is 0 Å². The van der Waals surface area contributed by atoms with E-state index in [0.717, 1.165) is 11.8 Å². The molecule has 0 radical (unpaired) electrons. The highest BCUT2D eigenvalue weighted by Crippen LogP contribution is 2.17. The molecule has 0 saturated carbocycles. The minimum atomic E-state index is -0.276. The molecule has 2 aromatic rings. The van der Waals surface area contributed by atoms with Crippen LogP contribution in [-0.2, 0) is 6.42 Å². The van der Waals surface area contributed by atoms with Gasteiger partial charge in [-0.2, -0.15) is 0 Å². The molecule has 0 atom stereocenters. The molecule has 0 N–H and O–H groups in total. The van der Waals surface area contributed by atoms with Crippen molar-refractivity contribution in [1.29, 1.82) is 0 Å². The molecule has 1 aromatic heterocycles. The predicted molar refractivity (Wildman–Crippen MR) is 117 cm³/mol. The Labute approximate surface area is 165 Å². The third-order valence-electron chi connectivity index (χ3n) is 5.50. The summed E-state index contributed by atoms with van der Waals surface area (Å²) in [6.45, 7) is 2.28. The maximum atomic E-state index is 11.2. The number of hydrogen-bond acceptors (Lipinski definition) is 2. The Kier molecular flexibility index (Phi) is 10.9. The van der Waals surface area contributed by atoms with Crippen molar-refractivity contribution < 1.29 is 4.42 Å². The second-order valence-electron chi connectivity index (χ2n) is 7.97. The molecule has 0 aliphatic rings. The van der Waals surface area contributed by atoms with Crippen LogP contribution in [0.3, 0.4) is 0 Å². The number of fused-ring (bicyclic) bond motifs is 1. The van der Waals surface area contributed by atoms with E-state index >= 15 is 0 Å². The predicted octanol–water partition coefficient (Wildman–Crippen LogP) is 7.82. The lowest BCUT2D eigenvalue weighted by Crippen LogP contribution is -1.95. The van der Waals surface area contributed by atoms with Crippen molar-refractivity contribution in [2.75, 3.05) is 0 Å². The summed E-state index contributed by atoms with van der Waals surface area (Å²) >= 11 is 0. The fraction of sp³-hybridized carbons (Fsp3) is 0.640. The van der Waals surface area contributed by atoms with E-state index < -0.39 is 0 Å². The van der Waals surface area contributed by atoms with Crippen LogP contribution in [-0.4, -0.2) is 0 Å². The number of aryl methyl sites for hydroxylation is 1. The Bertz CT molecular complexity index is 686. The van der Waals surface area contributed by atoms with Gasteiger partial charge in [0.2, 0.25) is 0 Å². The van der Waals surface area contributed by atoms with Gasteiger partial charge >= 0.3 is 5.63 Å². The first-order chi connectivity index (χ1) is 13.3. The molecule has 0 spiro atoms. The van der Waals surface area contributed by atoms with Crippen LogP contribution in [0.2, 0.25) is 0 Å². The van der Waals surface area contributed by atoms with Crippen molar-refractivity contribution in [3.05, 3.63) is 46.3 Å². The minimum Gasteiger partial charge on any atom is -0.423 e. The van der Waals surface area contributed by atoms with Gasteiger partial charge in [-0.1, -0.05) is 96.5 Å². The molecular formula is C25H38O2. The zero-order valence-corrected chi connectivity index (χ0v) is 17.3. The molecule has 1 aromatic carbocycles. The summed E-state index contributed by atoms with van der Waals surface area (Å²) in [5, 5.41) is 1.03. The second-order valence-corrected chi connectivity index (χ2v) is 7.97. The van der Waals surface area contributed by atoms with Crippen LogP contribution in [0.5, 0.6) is 0 Å². The number of unbranched alkanes of at least 4 members (excludes halogenated alkanes) is 13. The number of hydrogen-bond donors (Lipinski definition) is 0. The van der Waals surface area contributed by atoms with Gasteiger partial charge in [-0.3, -0.25) is 0 Å². The molecule has 150 valence electrons. The molecule has 2 heteroatoms. The van der Waals surface area contributed by atoms with Gasteiger partial charge in [-0.15, -0.1) is 0 Å². The number of benzene rings is 1. The molecular weight excluding hydrogens is 332 g/mol.